The Morgan fingerprint density at radius 3 is 2.44 bits per heavy atom. The van der Waals surface area contributed by atoms with E-state index in [1.807, 2.05) is 0 Å². The van der Waals surface area contributed by atoms with Gasteiger partial charge in [0.15, 0.2) is 23.6 Å². The minimum Gasteiger partial charge on any atom is -0.618 e. The van der Waals surface area contributed by atoms with E-state index in [9.17, 15) is 25.5 Å². The van der Waals surface area contributed by atoms with Crippen LogP contribution in [-0.4, -0.2) is 29.9 Å². The van der Waals surface area contributed by atoms with E-state index in [4.69, 9.17) is 11.6 Å². The monoisotopic (exact) mass is 363 g/mol. The molecule has 0 aliphatic rings. The molecule has 10 nitrogen and oxygen atoms in total. The highest BCUT2D eigenvalue weighted by atomic mass is 35.5. The second kappa shape index (κ2) is 5.91. The van der Waals surface area contributed by atoms with Crippen molar-refractivity contribution in [3.05, 3.63) is 50.9 Å². The van der Waals surface area contributed by atoms with Crippen LogP contribution in [0, 0.1) is 15.3 Å². The summed E-state index contributed by atoms with van der Waals surface area (Å²) < 4.78 is 1.99. The van der Waals surface area contributed by atoms with Crippen LogP contribution in [0.3, 0.4) is 0 Å². The molecule has 0 atom stereocenters. The summed E-state index contributed by atoms with van der Waals surface area (Å²) in [7, 11) is 1.60. The smallest absolute Gasteiger partial charge is 0.315 e. The molecule has 0 saturated heterocycles. The summed E-state index contributed by atoms with van der Waals surface area (Å²) in [4.78, 5) is 10.2. The van der Waals surface area contributed by atoms with Gasteiger partial charge >= 0.3 is 5.69 Å². The van der Waals surface area contributed by atoms with Crippen LogP contribution >= 0.6 is 11.6 Å². The van der Waals surface area contributed by atoms with Crippen molar-refractivity contribution in [2.24, 2.45) is 7.05 Å². The van der Waals surface area contributed by atoms with E-state index in [1.165, 1.54) is 22.9 Å². The van der Waals surface area contributed by atoms with Crippen LogP contribution in [0.5, 0.6) is 11.5 Å². The van der Waals surface area contributed by atoms with E-state index in [2.05, 4.69) is 10.2 Å². The van der Waals surface area contributed by atoms with E-state index < -0.39 is 22.1 Å². The Bertz CT molecular complexity index is 1000. The zero-order valence-corrected chi connectivity index (χ0v) is 13.4. The summed E-state index contributed by atoms with van der Waals surface area (Å²) in [5.41, 5.74) is 0.0368. The molecule has 0 aliphatic heterocycles. The summed E-state index contributed by atoms with van der Waals surface area (Å²) in [5.74, 6) is -0.911. The molecule has 0 bridgehead atoms. The van der Waals surface area contributed by atoms with Crippen LogP contribution in [0.25, 0.3) is 22.8 Å². The highest BCUT2D eigenvalue weighted by molar-refractivity contribution is 6.28. The van der Waals surface area contributed by atoms with Gasteiger partial charge in [-0.3, -0.25) is 10.1 Å². The van der Waals surface area contributed by atoms with E-state index >= 15 is 0 Å². The van der Waals surface area contributed by atoms with Crippen LogP contribution in [0.4, 0.5) is 5.69 Å². The van der Waals surface area contributed by atoms with Crippen LogP contribution in [0.15, 0.2) is 30.5 Å². The van der Waals surface area contributed by atoms with Crippen molar-refractivity contribution in [2.45, 2.75) is 0 Å². The molecule has 25 heavy (non-hydrogen) atoms. The Hall–Kier alpha value is -3.40. The first-order valence-corrected chi connectivity index (χ1v) is 7.16. The molecule has 0 amide bonds. The molecule has 11 heteroatoms. The second-order valence-electron chi connectivity index (χ2n) is 5.09. The molecule has 2 aromatic heterocycles. The number of hydrogen-bond acceptors (Lipinski definition) is 7. The average Bonchev–Trinajstić information content (AvgIpc) is 2.94. The zero-order valence-electron chi connectivity index (χ0n) is 12.6. The second-order valence-corrected chi connectivity index (χ2v) is 5.48. The lowest BCUT2D eigenvalue weighted by Crippen LogP contribution is -2.26. The summed E-state index contributed by atoms with van der Waals surface area (Å²) in [6.45, 7) is 0. The quantitative estimate of drug-likeness (QED) is 0.180. The Morgan fingerprint density at radius 2 is 1.84 bits per heavy atom. The normalized spacial score (nSPS) is 10.8. The number of hydrogen-bond donors (Lipinski definition) is 2. The molecular weight excluding hydrogens is 354 g/mol. The predicted octanol–water partition coefficient (Wildman–Crippen LogP) is 1.76. The minimum absolute atomic E-state index is 0.0556. The number of phenols is 2. The standard InChI is InChI=1S/C14H10ClN5O5/c1-18-13(7-2-3-19(23)11(15)6-7)16-17-14(18)8-4-9(20(24)25)12(22)10(21)5-8/h2-6,21-22H,1H3. The van der Waals surface area contributed by atoms with Crippen LogP contribution in [-0.2, 0) is 7.05 Å². The first-order chi connectivity index (χ1) is 11.8. The number of benzene rings is 1. The number of nitrogens with zero attached hydrogens (tertiary/aromatic N) is 5. The molecule has 2 heterocycles. The van der Waals surface area contributed by atoms with Gasteiger partial charge in [0, 0.05) is 36.4 Å². The molecule has 0 radical (unpaired) electrons. The maximum atomic E-state index is 11.3. The SMILES string of the molecule is Cn1c(-c2cc(O)c(O)c([N+](=O)[O-])c2)nnc1-c1cc[n+]([O-])c(Cl)c1. The lowest BCUT2D eigenvalue weighted by molar-refractivity contribution is -0.602. The van der Waals surface area contributed by atoms with Crippen LogP contribution in [0.1, 0.15) is 0 Å². The maximum Gasteiger partial charge on any atom is 0.315 e. The van der Waals surface area contributed by atoms with Crippen molar-refractivity contribution in [1.29, 1.82) is 0 Å². The molecule has 0 fully saturated rings. The Morgan fingerprint density at radius 1 is 1.20 bits per heavy atom. The molecule has 0 spiro atoms. The average molecular weight is 364 g/mol. The van der Waals surface area contributed by atoms with Gasteiger partial charge in [-0.2, -0.15) is 4.73 Å². The maximum absolute atomic E-state index is 11.3. The molecular formula is C14H10ClN5O5. The van der Waals surface area contributed by atoms with E-state index in [-0.39, 0.29) is 16.5 Å². The van der Waals surface area contributed by atoms with Crippen LogP contribution in [0.2, 0.25) is 5.15 Å². The molecule has 3 rings (SSSR count). The number of aromatic hydroxyl groups is 2. The van der Waals surface area contributed by atoms with Gasteiger partial charge < -0.3 is 20.0 Å². The Labute approximate surface area is 144 Å². The molecule has 0 saturated carbocycles. The largest absolute Gasteiger partial charge is 0.618 e. The van der Waals surface area contributed by atoms with Gasteiger partial charge in [0.2, 0.25) is 5.75 Å². The lowest BCUT2D eigenvalue weighted by Gasteiger charge is -2.06. The van der Waals surface area contributed by atoms with E-state index in [0.29, 0.717) is 16.1 Å². The third-order valence-electron chi connectivity index (χ3n) is 3.53. The number of aromatic nitrogens is 4. The molecule has 1 aromatic carbocycles. The number of pyridine rings is 1. The topological polar surface area (TPSA) is 141 Å². The van der Waals surface area contributed by atoms with Crippen molar-refractivity contribution >= 4 is 17.3 Å². The fourth-order valence-corrected chi connectivity index (χ4v) is 2.48. The summed E-state index contributed by atoms with van der Waals surface area (Å²) in [6, 6.07) is 5.11. The van der Waals surface area contributed by atoms with Gasteiger partial charge in [-0.25, -0.2) is 0 Å². The number of nitro groups is 1. The van der Waals surface area contributed by atoms with E-state index in [0.717, 1.165) is 12.1 Å². The molecule has 0 unspecified atom stereocenters. The molecule has 2 N–H and O–H groups in total. The molecule has 128 valence electrons. The third-order valence-corrected chi connectivity index (χ3v) is 3.81. The van der Waals surface area contributed by atoms with Crippen molar-refractivity contribution in [3.8, 4) is 34.3 Å². The third kappa shape index (κ3) is 2.78. The number of phenolic OH excluding ortho intramolecular Hbond substituents is 2. The van der Waals surface area contributed by atoms with Gasteiger partial charge in [-0.1, -0.05) is 0 Å². The summed E-state index contributed by atoms with van der Waals surface area (Å²) in [5, 5.41) is 49.5. The predicted molar refractivity (Wildman–Crippen MR) is 85.8 cm³/mol. The summed E-state index contributed by atoms with van der Waals surface area (Å²) >= 11 is 5.79. The van der Waals surface area contributed by atoms with Crippen molar-refractivity contribution < 1.29 is 19.9 Å². The first kappa shape index (κ1) is 16.5. The van der Waals surface area contributed by atoms with Gasteiger partial charge in [-0.05, 0) is 17.7 Å². The minimum atomic E-state index is -0.828. The highest BCUT2D eigenvalue weighted by Crippen LogP contribution is 2.39. The first-order valence-electron chi connectivity index (χ1n) is 6.79. The van der Waals surface area contributed by atoms with Gasteiger partial charge in [0.25, 0.3) is 5.15 Å². The zero-order chi connectivity index (χ0) is 18.3. The number of halogens is 1. The highest BCUT2D eigenvalue weighted by Gasteiger charge is 2.22. The fraction of sp³-hybridized carbons (Fsp3) is 0.0714. The van der Waals surface area contributed by atoms with Crippen LogP contribution < -0.4 is 4.73 Å². The Kier molecular flexibility index (Phi) is 3.89. The fourth-order valence-electron chi connectivity index (χ4n) is 2.30. The molecule has 3 aromatic rings. The number of nitro benzene ring substituents is 1. The number of rotatable bonds is 3. The molecule has 0 aliphatic carbocycles. The summed E-state index contributed by atoms with van der Waals surface area (Å²) in [6.07, 6.45) is 1.21. The van der Waals surface area contributed by atoms with Crippen molar-refractivity contribution in [2.75, 3.05) is 0 Å². The van der Waals surface area contributed by atoms with Crippen molar-refractivity contribution in [1.82, 2.24) is 14.8 Å². The van der Waals surface area contributed by atoms with E-state index in [1.54, 1.807) is 7.05 Å². The Balaban J connectivity index is 2.13. The van der Waals surface area contributed by atoms with Gasteiger partial charge in [-0.15, -0.1) is 10.2 Å². The van der Waals surface area contributed by atoms with Crippen molar-refractivity contribution in [3.63, 3.8) is 0 Å². The van der Waals surface area contributed by atoms with Gasteiger partial charge in [0.1, 0.15) is 0 Å². The lowest BCUT2D eigenvalue weighted by atomic mass is 10.1. The van der Waals surface area contributed by atoms with Gasteiger partial charge in [0.05, 0.1) is 4.92 Å².